The Kier molecular flexibility index (Phi) is 4.20. The van der Waals surface area contributed by atoms with E-state index >= 15 is 0 Å². The molecule has 2 aromatic heterocycles. The molecule has 0 saturated heterocycles. The average molecular weight is 357 g/mol. The Morgan fingerprint density at radius 2 is 1.89 bits per heavy atom. The number of rotatable bonds is 4. The maximum absolute atomic E-state index is 11.9. The average Bonchev–Trinajstić information content (AvgIpc) is 3.01. The van der Waals surface area contributed by atoms with E-state index in [0.29, 0.717) is 18.1 Å². The third kappa shape index (κ3) is 2.97. The molecular weight excluding hydrogens is 338 g/mol. The lowest BCUT2D eigenvalue weighted by atomic mass is 9.99. The van der Waals surface area contributed by atoms with Gasteiger partial charge in [0.15, 0.2) is 5.69 Å². The third-order valence-corrected chi connectivity index (χ3v) is 4.86. The molecule has 0 atom stereocenters. The van der Waals surface area contributed by atoms with Gasteiger partial charge >= 0.3 is 5.97 Å². The number of carboxylic acid groups (broad SMARTS) is 1. The molecule has 0 aliphatic heterocycles. The van der Waals surface area contributed by atoms with E-state index in [1.807, 2.05) is 24.3 Å². The predicted molar refractivity (Wildman–Crippen MR) is 105 cm³/mol. The predicted octanol–water partition coefficient (Wildman–Crippen LogP) is 4.46. The number of carbonyl (C=O) groups is 1. The lowest BCUT2D eigenvalue weighted by molar-refractivity contribution is 0.0685. The Balaban J connectivity index is 1.95. The van der Waals surface area contributed by atoms with Crippen LogP contribution in [0.3, 0.4) is 0 Å². The number of aryl methyl sites for hydroxylation is 2. The zero-order valence-electron chi connectivity index (χ0n) is 15.2. The summed E-state index contributed by atoms with van der Waals surface area (Å²) in [6, 6.07) is 16.0. The van der Waals surface area contributed by atoms with Gasteiger partial charge in [0.2, 0.25) is 0 Å². The van der Waals surface area contributed by atoms with Crippen molar-refractivity contribution >= 4 is 16.7 Å². The lowest BCUT2D eigenvalue weighted by Crippen LogP contribution is -2.13. The van der Waals surface area contributed by atoms with Crippen LogP contribution < -0.4 is 0 Å². The Bertz CT molecular complexity index is 1150. The Morgan fingerprint density at radius 3 is 2.63 bits per heavy atom. The summed E-state index contributed by atoms with van der Waals surface area (Å²) < 4.78 is 1.78. The molecule has 134 valence electrons. The van der Waals surface area contributed by atoms with Gasteiger partial charge in [-0.25, -0.2) is 9.78 Å². The lowest BCUT2D eigenvalue weighted by Gasteiger charge is -2.15. The van der Waals surface area contributed by atoms with Crippen molar-refractivity contribution in [3.8, 4) is 11.4 Å². The van der Waals surface area contributed by atoms with Crippen LogP contribution in [-0.2, 0) is 6.54 Å². The molecule has 27 heavy (non-hydrogen) atoms. The molecule has 0 aliphatic carbocycles. The number of hydrogen-bond acceptors (Lipinski definition) is 3. The Morgan fingerprint density at radius 1 is 1.07 bits per heavy atom. The molecular formula is C22H19N3O2. The summed E-state index contributed by atoms with van der Waals surface area (Å²) in [7, 11) is 0. The first-order valence-corrected chi connectivity index (χ1v) is 8.74. The minimum Gasteiger partial charge on any atom is -0.477 e. The number of aromatic carboxylic acids is 1. The van der Waals surface area contributed by atoms with E-state index in [0.717, 1.165) is 27.5 Å². The van der Waals surface area contributed by atoms with Gasteiger partial charge < -0.3 is 9.67 Å². The maximum Gasteiger partial charge on any atom is 0.354 e. The van der Waals surface area contributed by atoms with Gasteiger partial charge in [0.25, 0.3) is 0 Å². The van der Waals surface area contributed by atoms with E-state index in [9.17, 15) is 9.90 Å². The van der Waals surface area contributed by atoms with Gasteiger partial charge in [0.1, 0.15) is 5.82 Å². The molecule has 0 saturated carbocycles. The molecule has 4 aromatic rings. The molecule has 2 aromatic carbocycles. The molecule has 0 spiro atoms. The molecule has 0 bridgehead atoms. The summed E-state index contributed by atoms with van der Waals surface area (Å²) in [4.78, 5) is 20.7. The van der Waals surface area contributed by atoms with Gasteiger partial charge in [-0.2, -0.15) is 0 Å². The molecule has 0 fully saturated rings. The summed E-state index contributed by atoms with van der Waals surface area (Å²) in [6.45, 7) is 4.21. The molecule has 0 aliphatic rings. The van der Waals surface area contributed by atoms with Crippen molar-refractivity contribution < 1.29 is 9.90 Å². The molecule has 2 heterocycles. The highest BCUT2D eigenvalue weighted by Gasteiger charge is 2.22. The number of hydrogen-bond donors (Lipinski definition) is 1. The van der Waals surface area contributed by atoms with E-state index in [4.69, 9.17) is 0 Å². The first-order chi connectivity index (χ1) is 13.1. The number of nitrogens with zero attached hydrogens (tertiary/aromatic N) is 3. The van der Waals surface area contributed by atoms with Crippen LogP contribution >= 0.6 is 0 Å². The summed E-state index contributed by atoms with van der Waals surface area (Å²) in [5.41, 5.74) is 3.72. The van der Waals surface area contributed by atoms with Crippen molar-refractivity contribution in [1.82, 2.24) is 14.5 Å². The van der Waals surface area contributed by atoms with Gasteiger partial charge in [-0.1, -0.05) is 36.4 Å². The van der Waals surface area contributed by atoms with Crippen LogP contribution in [0.15, 0.2) is 60.9 Å². The fourth-order valence-electron chi connectivity index (χ4n) is 3.53. The molecule has 0 radical (unpaired) electrons. The topological polar surface area (TPSA) is 68.0 Å². The SMILES string of the molecule is Cc1ccc2ccccc2c1Cn1c(-c2cccnc2)nc(C)c1C(=O)O. The van der Waals surface area contributed by atoms with Crippen LogP contribution in [0, 0.1) is 13.8 Å². The Labute approximate surface area is 157 Å². The van der Waals surface area contributed by atoms with E-state index < -0.39 is 5.97 Å². The quantitative estimate of drug-likeness (QED) is 0.585. The smallest absolute Gasteiger partial charge is 0.354 e. The van der Waals surface area contributed by atoms with Gasteiger partial charge in [0, 0.05) is 18.0 Å². The first kappa shape index (κ1) is 17.0. The van der Waals surface area contributed by atoms with Crippen LogP contribution in [0.5, 0.6) is 0 Å². The summed E-state index contributed by atoms with van der Waals surface area (Å²) >= 11 is 0. The number of fused-ring (bicyclic) bond motifs is 1. The normalized spacial score (nSPS) is 11.0. The largest absolute Gasteiger partial charge is 0.477 e. The second-order valence-electron chi connectivity index (χ2n) is 6.58. The molecule has 4 rings (SSSR count). The van der Waals surface area contributed by atoms with E-state index in [1.165, 1.54) is 0 Å². The number of imidazole rings is 1. The third-order valence-electron chi connectivity index (χ3n) is 4.86. The number of aromatic nitrogens is 3. The highest BCUT2D eigenvalue weighted by Crippen LogP contribution is 2.28. The zero-order valence-corrected chi connectivity index (χ0v) is 15.2. The van der Waals surface area contributed by atoms with Crippen molar-refractivity contribution in [2.24, 2.45) is 0 Å². The van der Waals surface area contributed by atoms with E-state index in [-0.39, 0.29) is 5.69 Å². The highest BCUT2D eigenvalue weighted by atomic mass is 16.4. The maximum atomic E-state index is 11.9. The van der Waals surface area contributed by atoms with Gasteiger partial charge in [-0.05, 0) is 47.9 Å². The number of carboxylic acids is 1. The first-order valence-electron chi connectivity index (χ1n) is 8.74. The number of benzene rings is 2. The van der Waals surface area contributed by atoms with Gasteiger partial charge in [-0.15, -0.1) is 0 Å². The van der Waals surface area contributed by atoms with E-state index in [1.54, 1.807) is 23.9 Å². The van der Waals surface area contributed by atoms with Crippen LogP contribution in [0.4, 0.5) is 0 Å². The van der Waals surface area contributed by atoms with Gasteiger partial charge in [-0.3, -0.25) is 4.98 Å². The van der Waals surface area contributed by atoms with Crippen molar-refractivity contribution in [3.63, 3.8) is 0 Å². The minimum atomic E-state index is -0.979. The van der Waals surface area contributed by atoms with Gasteiger partial charge in [0.05, 0.1) is 12.2 Å². The van der Waals surface area contributed by atoms with Crippen molar-refractivity contribution in [3.05, 3.63) is 83.4 Å². The highest BCUT2D eigenvalue weighted by molar-refractivity contribution is 5.89. The van der Waals surface area contributed by atoms with Crippen molar-refractivity contribution in [1.29, 1.82) is 0 Å². The second-order valence-corrected chi connectivity index (χ2v) is 6.58. The molecule has 5 nitrogen and oxygen atoms in total. The van der Waals surface area contributed by atoms with Crippen molar-refractivity contribution in [2.75, 3.05) is 0 Å². The monoisotopic (exact) mass is 357 g/mol. The Hall–Kier alpha value is -3.47. The fourth-order valence-corrected chi connectivity index (χ4v) is 3.53. The fraction of sp³-hybridized carbons (Fsp3) is 0.136. The summed E-state index contributed by atoms with van der Waals surface area (Å²) in [5, 5.41) is 12.0. The van der Waals surface area contributed by atoms with Crippen LogP contribution in [0.2, 0.25) is 0 Å². The van der Waals surface area contributed by atoms with Crippen LogP contribution in [-0.4, -0.2) is 25.6 Å². The summed E-state index contributed by atoms with van der Waals surface area (Å²) in [6.07, 6.45) is 3.40. The standard InChI is InChI=1S/C22H19N3O2/c1-14-9-10-16-6-3-4-8-18(16)19(14)13-25-20(22(26)27)15(2)24-21(25)17-7-5-11-23-12-17/h3-12H,13H2,1-2H3,(H,26,27). The molecule has 0 unspecified atom stereocenters. The van der Waals surface area contributed by atoms with E-state index in [2.05, 4.69) is 41.2 Å². The summed E-state index contributed by atoms with van der Waals surface area (Å²) in [5.74, 6) is -0.363. The van der Waals surface area contributed by atoms with Crippen LogP contribution in [0.1, 0.15) is 27.3 Å². The zero-order chi connectivity index (χ0) is 19.0. The molecule has 5 heteroatoms. The van der Waals surface area contributed by atoms with Crippen LogP contribution in [0.25, 0.3) is 22.2 Å². The molecule has 0 amide bonds. The van der Waals surface area contributed by atoms with Crippen molar-refractivity contribution in [2.45, 2.75) is 20.4 Å². The second kappa shape index (κ2) is 6.68. The number of pyridine rings is 1. The minimum absolute atomic E-state index is 0.209. The molecule has 1 N–H and O–H groups in total.